The molecule has 0 radical (unpaired) electrons. The van der Waals surface area contributed by atoms with Crippen molar-refractivity contribution in [2.45, 2.75) is 31.6 Å². The van der Waals surface area contributed by atoms with Crippen molar-refractivity contribution in [1.29, 1.82) is 0 Å². The monoisotopic (exact) mass is 444 g/mol. The number of amides is 1. The van der Waals surface area contributed by atoms with E-state index in [4.69, 9.17) is 9.47 Å². The molecule has 166 valence electrons. The summed E-state index contributed by atoms with van der Waals surface area (Å²) in [4.78, 5) is 12.6. The van der Waals surface area contributed by atoms with Gasteiger partial charge in [0.25, 0.3) is 0 Å². The van der Waals surface area contributed by atoms with Gasteiger partial charge in [0.15, 0.2) is 11.5 Å². The minimum Gasteiger partial charge on any atom is -0.486 e. The molecule has 2 aliphatic heterocycles. The molecule has 31 heavy (non-hydrogen) atoms. The Bertz CT molecular complexity index is 1030. The van der Waals surface area contributed by atoms with Crippen LogP contribution in [0.5, 0.6) is 11.5 Å². The molecule has 2 heterocycles. The zero-order chi connectivity index (χ0) is 21.8. The summed E-state index contributed by atoms with van der Waals surface area (Å²) in [5.41, 5.74) is 1.79. The Labute approximate surface area is 183 Å². The van der Waals surface area contributed by atoms with Crippen LogP contribution in [0.1, 0.15) is 24.0 Å². The molecule has 0 aromatic heterocycles. The second-order valence-electron chi connectivity index (χ2n) is 8.10. The maximum Gasteiger partial charge on any atom is 0.223 e. The van der Waals surface area contributed by atoms with Gasteiger partial charge in [0.05, 0.1) is 12.3 Å². The van der Waals surface area contributed by atoms with E-state index in [1.165, 1.54) is 4.31 Å². The van der Waals surface area contributed by atoms with Crippen LogP contribution in [-0.4, -0.2) is 51.0 Å². The molecule has 0 unspecified atom stereocenters. The molecule has 1 fully saturated rings. The number of carbonyl (C=O) groups excluding carboxylic acids is 1. The quantitative estimate of drug-likeness (QED) is 0.740. The van der Waals surface area contributed by atoms with Crippen molar-refractivity contribution >= 4 is 15.9 Å². The molecule has 2 aliphatic rings. The summed E-state index contributed by atoms with van der Waals surface area (Å²) >= 11 is 0. The fourth-order valence-electron chi connectivity index (χ4n) is 3.98. The normalized spacial score (nSPS) is 19.7. The Hall–Kier alpha value is -2.58. The number of sulfonamides is 1. The lowest BCUT2D eigenvalue weighted by Crippen LogP contribution is -2.46. The van der Waals surface area contributed by atoms with Gasteiger partial charge in [-0.05, 0) is 43.0 Å². The average Bonchev–Trinajstić information content (AvgIpc) is 2.79. The van der Waals surface area contributed by atoms with E-state index in [9.17, 15) is 13.2 Å². The summed E-state index contributed by atoms with van der Waals surface area (Å²) < 4.78 is 38.7. The van der Waals surface area contributed by atoms with Crippen LogP contribution in [0, 0.1) is 12.8 Å². The number of carbonyl (C=O) groups is 1. The number of rotatable bonds is 6. The largest absolute Gasteiger partial charge is 0.486 e. The number of piperidine rings is 1. The first-order valence-electron chi connectivity index (χ1n) is 10.6. The van der Waals surface area contributed by atoms with Gasteiger partial charge < -0.3 is 14.8 Å². The summed E-state index contributed by atoms with van der Waals surface area (Å²) in [5, 5.41) is 2.94. The molecule has 1 atom stereocenters. The molecule has 4 rings (SSSR count). The van der Waals surface area contributed by atoms with Crippen LogP contribution in [0.25, 0.3) is 0 Å². The molecule has 2 aromatic carbocycles. The highest BCUT2D eigenvalue weighted by Gasteiger charge is 2.32. The van der Waals surface area contributed by atoms with Crippen molar-refractivity contribution in [2.24, 2.45) is 5.92 Å². The molecule has 0 saturated carbocycles. The minimum absolute atomic E-state index is 0.00295. The van der Waals surface area contributed by atoms with Crippen molar-refractivity contribution in [2.75, 3.05) is 26.2 Å². The average molecular weight is 445 g/mol. The van der Waals surface area contributed by atoms with Gasteiger partial charge >= 0.3 is 0 Å². The molecule has 8 heteroatoms. The number of para-hydroxylation sites is 2. The predicted octanol–water partition coefficient (Wildman–Crippen LogP) is 2.49. The van der Waals surface area contributed by atoms with Crippen molar-refractivity contribution in [1.82, 2.24) is 9.62 Å². The van der Waals surface area contributed by atoms with Gasteiger partial charge in [0, 0.05) is 19.0 Å². The maximum absolute atomic E-state index is 12.8. The number of hydrogen-bond acceptors (Lipinski definition) is 5. The van der Waals surface area contributed by atoms with E-state index in [0.717, 1.165) is 11.1 Å². The predicted molar refractivity (Wildman–Crippen MR) is 117 cm³/mol. The SMILES string of the molecule is Cc1ccccc1CS(=O)(=O)N1CCC(C(=O)NC[C@H]2COc3ccccc3O2)CC1. The second-order valence-corrected chi connectivity index (χ2v) is 10.1. The van der Waals surface area contributed by atoms with Gasteiger partial charge in [-0.2, -0.15) is 0 Å². The van der Waals surface area contributed by atoms with Gasteiger partial charge in [-0.3, -0.25) is 4.79 Å². The van der Waals surface area contributed by atoms with E-state index in [2.05, 4.69) is 5.32 Å². The van der Waals surface area contributed by atoms with Gasteiger partial charge in [0.2, 0.25) is 15.9 Å². The fourth-order valence-corrected chi connectivity index (χ4v) is 5.65. The number of nitrogens with one attached hydrogen (secondary N) is 1. The highest BCUT2D eigenvalue weighted by Crippen LogP contribution is 2.30. The number of fused-ring (bicyclic) bond motifs is 1. The molecular formula is C23H28N2O5S. The molecule has 1 saturated heterocycles. The van der Waals surface area contributed by atoms with E-state index in [0.29, 0.717) is 50.6 Å². The summed E-state index contributed by atoms with van der Waals surface area (Å²) in [5.74, 6) is 1.14. The van der Waals surface area contributed by atoms with Crippen molar-refractivity contribution in [3.05, 3.63) is 59.7 Å². The molecular weight excluding hydrogens is 416 g/mol. The molecule has 2 aromatic rings. The van der Waals surface area contributed by atoms with Crippen molar-refractivity contribution < 1.29 is 22.7 Å². The second kappa shape index (κ2) is 9.28. The zero-order valence-electron chi connectivity index (χ0n) is 17.6. The van der Waals surface area contributed by atoms with E-state index in [1.807, 2.05) is 55.5 Å². The third-order valence-corrected chi connectivity index (χ3v) is 7.72. The van der Waals surface area contributed by atoms with Crippen LogP contribution < -0.4 is 14.8 Å². The Balaban J connectivity index is 1.25. The van der Waals surface area contributed by atoms with Gasteiger partial charge in [0.1, 0.15) is 12.7 Å². The number of hydrogen-bond donors (Lipinski definition) is 1. The van der Waals surface area contributed by atoms with Gasteiger partial charge in [-0.25, -0.2) is 12.7 Å². The molecule has 0 bridgehead atoms. The smallest absolute Gasteiger partial charge is 0.223 e. The van der Waals surface area contributed by atoms with E-state index >= 15 is 0 Å². The lowest BCUT2D eigenvalue weighted by molar-refractivity contribution is -0.126. The van der Waals surface area contributed by atoms with Crippen LogP contribution in [0.2, 0.25) is 0 Å². The number of ether oxygens (including phenoxy) is 2. The Morgan fingerprint density at radius 1 is 1.06 bits per heavy atom. The third-order valence-electron chi connectivity index (χ3n) is 5.89. The first-order valence-corrected chi connectivity index (χ1v) is 12.2. The summed E-state index contributed by atoms with van der Waals surface area (Å²) in [7, 11) is -3.40. The van der Waals surface area contributed by atoms with E-state index in [-0.39, 0.29) is 23.7 Å². The van der Waals surface area contributed by atoms with Crippen LogP contribution >= 0.6 is 0 Å². The van der Waals surface area contributed by atoms with Crippen LogP contribution in [0.15, 0.2) is 48.5 Å². The van der Waals surface area contributed by atoms with Crippen LogP contribution in [0.4, 0.5) is 0 Å². The number of benzene rings is 2. The first kappa shape index (κ1) is 21.6. The van der Waals surface area contributed by atoms with Crippen LogP contribution in [0.3, 0.4) is 0 Å². The van der Waals surface area contributed by atoms with Crippen LogP contribution in [-0.2, 0) is 20.6 Å². The maximum atomic E-state index is 12.8. The Morgan fingerprint density at radius 2 is 1.74 bits per heavy atom. The molecule has 0 spiro atoms. The highest BCUT2D eigenvalue weighted by atomic mass is 32.2. The topological polar surface area (TPSA) is 84.9 Å². The zero-order valence-corrected chi connectivity index (χ0v) is 18.4. The fraction of sp³-hybridized carbons (Fsp3) is 0.435. The van der Waals surface area contributed by atoms with Gasteiger partial charge in [-0.15, -0.1) is 0 Å². The molecule has 1 N–H and O–H groups in total. The number of aryl methyl sites for hydroxylation is 1. The molecule has 7 nitrogen and oxygen atoms in total. The van der Waals surface area contributed by atoms with Gasteiger partial charge in [-0.1, -0.05) is 36.4 Å². The van der Waals surface area contributed by atoms with E-state index < -0.39 is 10.0 Å². The third kappa shape index (κ3) is 5.19. The summed E-state index contributed by atoms with van der Waals surface area (Å²) in [6, 6.07) is 15.0. The summed E-state index contributed by atoms with van der Waals surface area (Å²) in [6.45, 7) is 3.39. The Kier molecular flexibility index (Phi) is 6.48. The van der Waals surface area contributed by atoms with Crippen molar-refractivity contribution in [3.8, 4) is 11.5 Å². The highest BCUT2D eigenvalue weighted by molar-refractivity contribution is 7.88. The standard InChI is InChI=1S/C23H28N2O5S/c1-17-6-2-3-7-19(17)16-31(27,28)25-12-10-18(11-13-25)23(26)24-14-20-15-29-21-8-4-5-9-22(21)30-20/h2-9,18,20H,10-16H2,1H3,(H,24,26)/t20-/m0/s1. The van der Waals surface area contributed by atoms with Crippen molar-refractivity contribution in [3.63, 3.8) is 0 Å². The molecule has 1 amide bonds. The first-order chi connectivity index (χ1) is 14.9. The molecule has 0 aliphatic carbocycles. The number of nitrogens with zero attached hydrogens (tertiary/aromatic N) is 1. The van der Waals surface area contributed by atoms with E-state index in [1.54, 1.807) is 0 Å². The lowest BCUT2D eigenvalue weighted by Gasteiger charge is -2.31. The Morgan fingerprint density at radius 3 is 2.48 bits per heavy atom. The minimum atomic E-state index is -3.40. The lowest BCUT2D eigenvalue weighted by atomic mass is 9.97. The summed E-state index contributed by atoms with van der Waals surface area (Å²) in [6.07, 6.45) is 0.793.